The van der Waals surface area contributed by atoms with Crippen molar-refractivity contribution in [1.82, 2.24) is 5.32 Å². The molecule has 2 rings (SSSR count). The Kier molecular flexibility index (Phi) is 6.81. The zero-order valence-corrected chi connectivity index (χ0v) is 13.5. The van der Waals surface area contributed by atoms with Crippen LogP contribution in [0.15, 0.2) is 18.2 Å². The van der Waals surface area contributed by atoms with Gasteiger partial charge in [-0.3, -0.25) is 0 Å². The third-order valence-corrected chi connectivity index (χ3v) is 4.42. The molecule has 0 radical (unpaired) electrons. The third-order valence-electron chi connectivity index (χ3n) is 4.12. The molecular formula is C17H26ClNO2. The van der Waals surface area contributed by atoms with Gasteiger partial charge in [-0.05, 0) is 50.8 Å². The van der Waals surface area contributed by atoms with Gasteiger partial charge in [0.2, 0.25) is 0 Å². The Bertz CT molecular complexity index is 419. The van der Waals surface area contributed by atoms with Crippen LogP contribution in [0, 0.1) is 6.92 Å². The van der Waals surface area contributed by atoms with Crippen LogP contribution in [0.1, 0.15) is 44.1 Å². The van der Waals surface area contributed by atoms with Gasteiger partial charge in [0.15, 0.2) is 0 Å². The first-order chi connectivity index (χ1) is 10.2. The highest BCUT2D eigenvalue weighted by atomic mass is 35.5. The van der Waals surface area contributed by atoms with Crippen molar-refractivity contribution in [1.29, 1.82) is 0 Å². The standard InChI is InChI=1S/C17H26ClNO2/c1-13-7-6-8-14(18)17(13)21-12-5-4-11-19-15-9-2-3-10-16(15)20/h6-8,15-16,19-20H,2-5,9-12H2,1H3/t15-,16-/m0/s1. The lowest BCUT2D eigenvalue weighted by Crippen LogP contribution is -2.42. The fraction of sp³-hybridized carbons (Fsp3) is 0.647. The number of aryl methyl sites for hydroxylation is 1. The number of aliphatic hydroxyl groups is 1. The summed E-state index contributed by atoms with van der Waals surface area (Å²) in [5, 5.41) is 14.0. The minimum Gasteiger partial charge on any atom is -0.492 e. The Morgan fingerprint density at radius 2 is 2.10 bits per heavy atom. The number of nitrogens with one attached hydrogen (secondary N) is 1. The normalized spacial score (nSPS) is 22.2. The molecule has 2 N–H and O–H groups in total. The van der Waals surface area contributed by atoms with E-state index in [0.29, 0.717) is 11.6 Å². The second-order valence-corrected chi connectivity index (χ2v) is 6.26. The topological polar surface area (TPSA) is 41.5 Å². The number of para-hydroxylation sites is 1. The number of rotatable bonds is 7. The van der Waals surface area contributed by atoms with E-state index in [9.17, 15) is 5.11 Å². The van der Waals surface area contributed by atoms with E-state index < -0.39 is 0 Å². The SMILES string of the molecule is Cc1cccc(Cl)c1OCCCCN[C@H]1CCCC[C@@H]1O. The predicted octanol–water partition coefficient (Wildman–Crippen LogP) is 3.70. The fourth-order valence-corrected chi connectivity index (χ4v) is 3.11. The Labute approximate surface area is 132 Å². The molecule has 0 unspecified atom stereocenters. The average molecular weight is 312 g/mol. The highest BCUT2D eigenvalue weighted by Crippen LogP contribution is 2.27. The molecule has 0 amide bonds. The minimum atomic E-state index is -0.166. The Morgan fingerprint density at radius 1 is 1.29 bits per heavy atom. The van der Waals surface area contributed by atoms with Crippen molar-refractivity contribution < 1.29 is 9.84 Å². The summed E-state index contributed by atoms with van der Waals surface area (Å²) in [6.45, 7) is 3.62. The lowest BCUT2D eigenvalue weighted by Gasteiger charge is -2.28. The quantitative estimate of drug-likeness (QED) is 0.754. The van der Waals surface area contributed by atoms with E-state index >= 15 is 0 Å². The summed E-state index contributed by atoms with van der Waals surface area (Å²) < 4.78 is 5.77. The van der Waals surface area contributed by atoms with Crippen LogP contribution in [0.4, 0.5) is 0 Å². The molecule has 0 bridgehead atoms. The highest BCUT2D eigenvalue weighted by molar-refractivity contribution is 6.32. The molecule has 4 heteroatoms. The van der Waals surface area contributed by atoms with E-state index in [1.54, 1.807) is 0 Å². The highest BCUT2D eigenvalue weighted by Gasteiger charge is 2.21. The summed E-state index contributed by atoms with van der Waals surface area (Å²) in [7, 11) is 0. The average Bonchev–Trinajstić information content (AvgIpc) is 2.47. The number of benzene rings is 1. The van der Waals surface area contributed by atoms with Gasteiger partial charge in [0, 0.05) is 6.04 Å². The number of unbranched alkanes of at least 4 members (excludes halogenated alkanes) is 1. The zero-order chi connectivity index (χ0) is 15.1. The van der Waals surface area contributed by atoms with Crippen molar-refractivity contribution in [2.75, 3.05) is 13.2 Å². The number of hydrogen-bond acceptors (Lipinski definition) is 3. The van der Waals surface area contributed by atoms with Crippen LogP contribution < -0.4 is 10.1 Å². The molecule has 21 heavy (non-hydrogen) atoms. The lowest BCUT2D eigenvalue weighted by atomic mass is 9.92. The molecule has 1 aliphatic carbocycles. The summed E-state index contributed by atoms with van der Waals surface area (Å²) in [6.07, 6.45) is 6.28. The molecule has 2 atom stereocenters. The molecule has 0 spiro atoms. The Balaban J connectivity index is 1.60. The molecule has 1 aliphatic rings. The first kappa shape index (κ1) is 16.6. The summed E-state index contributed by atoms with van der Waals surface area (Å²) in [5.74, 6) is 0.801. The number of halogens is 1. The lowest BCUT2D eigenvalue weighted by molar-refractivity contribution is 0.0908. The third kappa shape index (κ3) is 5.17. The van der Waals surface area contributed by atoms with Crippen molar-refractivity contribution in [3.63, 3.8) is 0 Å². The van der Waals surface area contributed by atoms with Crippen molar-refractivity contribution in [3.8, 4) is 5.75 Å². The van der Waals surface area contributed by atoms with Crippen LogP contribution in [0.5, 0.6) is 5.75 Å². The van der Waals surface area contributed by atoms with Gasteiger partial charge in [0.1, 0.15) is 5.75 Å². The molecule has 1 aromatic carbocycles. The van der Waals surface area contributed by atoms with Gasteiger partial charge >= 0.3 is 0 Å². The number of hydrogen-bond donors (Lipinski definition) is 2. The number of ether oxygens (including phenoxy) is 1. The van der Waals surface area contributed by atoms with E-state index in [-0.39, 0.29) is 12.1 Å². The van der Waals surface area contributed by atoms with Crippen LogP contribution in [0.3, 0.4) is 0 Å². The van der Waals surface area contributed by atoms with Gasteiger partial charge in [0.05, 0.1) is 17.7 Å². The van der Waals surface area contributed by atoms with E-state index in [1.807, 2.05) is 25.1 Å². The summed E-state index contributed by atoms with van der Waals surface area (Å²) in [4.78, 5) is 0. The van der Waals surface area contributed by atoms with Crippen LogP contribution >= 0.6 is 11.6 Å². The summed E-state index contributed by atoms with van der Waals surface area (Å²) in [5.41, 5.74) is 1.07. The van der Waals surface area contributed by atoms with Gasteiger partial charge in [-0.25, -0.2) is 0 Å². The van der Waals surface area contributed by atoms with Gasteiger partial charge < -0.3 is 15.2 Å². The molecule has 0 aromatic heterocycles. The van der Waals surface area contributed by atoms with Crippen molar-refractivity contribution >= 4 is 11.6 Å². The van der Waals surface area contributed by atoms with E-state index in [4.69, 9.17) is 16.3 Å². The van der Waals surface area contributed by atoms with E-state index in [0.717, 1.165) is 50.0 Å². The molecule has 0 heterocycles. The van der Waals surface area contributed by atoms with Crippen molar-refractivity contribution in [3.05, 3.63) is 28.8 Å². The van der Waals surface area contributed by atoms with E-state index in [2.05, 4.69) is 5.32 Å². The second-order valence-electron chi connectivity index (χ2n) is 5.85. The zero-order valence-electron chi connectivity index (χ0n) is 12.8. The predicted molar refractivity (Wildman–Crippen MR) is 87.2 cm³/mol. The maximum Gasteiger partial charge on any atom is 0.140 e. The van der Waals surface area contributed by atoms with Crippen molar-refractivity contribution in [2.24, 2.45) is 0 Å². The molecule has 118 valence electrons. The molecule has 0 saturated heterocycles. The summed E-state index contributed by atoms with van der Waals surface area (Å²) >= 11 is 6.12. The maximum absolute atomic E-state index is 9.88. The number of aliphatic hydroxyl groups excluding tert-OH is 1. The smallest absolute Gasteiger partial charge is 0.140 e. The van der Waals surface area contributed by atoms with Gasteiger partial charge in [-0.1, -0.05) is 36.6 Å². The largest absolute Gasteiger partial charge is 0.492 e. The monoisotopic (exact) mass is 311 g/mol. The van der Waals surface area contributed by atoms with Crippen LogP contribution in [-0.4, -0.2) is 30.4 Å². The molecule has 3 nitrogen and oxygen atoms in total. The first-order valence-electron chi connectivity index (χ1n) is 7.98. The van der Waals surface area contributed by atoms with Crippen LogP contribution in [0.2, 0.25) is 5.02 Å². The van der Waals surface area contributed by atoms with Gasteiger partial charge in [-0.2, -0.15) is 0 Å². The molecule has 0 aliphatic heterocycles. The summed E-state index contributed by atoms with van der Waals surface area (Å²) in [6, 6.07) is 6.08. The first-order valence-corrected chi connectivity index (χ1v) is 8.35. The molecule has 1 saturated carbocycles. The molecule has 1 fully saturated rings. The van der Waals surface area contributed by atoms with Gasteiger partial charge in [0.25, 0.3) is 0 Å². The molecule has 1 aromatic rings. The van der Waals surface area contributed by atoms with Gasteiger partial charge in [-0.15, -0.1) is 0 Å². The molecular weight excluding hydrogens is 286 g/mol. The maximum atomic E-state index is 9.88. The second kappa shape index (κ2) is 8.62. The fourth-order valence-electron chi connectivity index (χ4n) is 2.84. The van der Waals surface area contributed by atoms with Crippen LogP contribution in [-0.2, 0) is 0 Å². The van der Waals surface area contributed by atoms with E-state index in [1.165, 1.54) is 6.42 Å². The minimum absolute atomic E-state index is 0.166. The Hall–Kier alpha value is -0.770. The Morgan fingerprint density at radius 3 is 2.86 bits per heavy atom. The van der Waals surface area contributed by atoms with Crippen molar-refractivity contribution in [2.45, 2.75) is 57.6 Å². The van der Waals surface area contributed by atoms with Crippen LogP contribution in [0.25, 0.3) is 0 Å².